The van der Waals surface area contributed by atoms with Gasteiger partial charge in [-0.1, -0.05) is 11.6 Å². The quantitative estimate of drug-likeness (QED) is 0.948. The lowest BCUT2D eigenvalue weighted by molar-refractivity contribution is 0.103. The molecule has 1 fully saturated rings. The van der Waals surface area contributed by atoms with Gasteiger partial charge >= 0.3 is 0 Å². The molecule has 5 nitrogen and oxygen atoms in total. The number of thiophene rings is 1. The van der Waals surface area contributed by atoms with Crippen molar-refractivity contribution in [3.8, 4) is 0 Å². The smallest absolute Gasteiger partial charge is 0.265 e. The third-order valence-corrected chi connectivity index (χ3v) is 4.17. The largest absolute Gasteiger partial charge is 0.379 e. The van der Waals surface area contributed by atoms with Crippen LogP contribution in [-0.2, 0) is 4.74 Å². The number of ether oxygens (including phenoxy) is 1. The van der Waals surface area contributed by atoms with E-state index in [4.69, 9.17) is 16.3 Å². The number of rotatable bonds is 3. The van der Waals surface area contributed by atoms with Crippen LogP contribution >= 0.6 is 22.9 Å². The van der Waals surface area contributed by atoms with Crippen LogP contribution < -0.4 is 5.32 Å². The summed E-state index contributed by atoms with van der Waals surface area (Å²) in [6, 6.07) is 3.68. The maximum absolute atomic E-state index is 11.9. The minimum atomic E-state index is -0.167. The summed E-state index contributed by atoms with van der Waals surface area (Å²) in [5.41, 5.74) is 0.682. The van der Waals surface area contributed by atoms with E-state index in [9.17, 15) is 4.79 Å². The Bertz CT molecular complexity index is 589. The van der Waals surface area contributed by atoms with Crippen molar-refractivity contribution in [2.24, 2.45) is 0 Å². The van der Waals surface area contributed by atoms with Crippen molar-refractivity contribution < 1.29 is 9.53 Å². The molecule has 0 aromatic carbocycles. The lowest BCUT2D eigenvalue weighted by Gasteiger charge is -2.06. The molecule has 0 saturated carbocycles. The summed E-state index contributed by atoms with van der Waals surface area (Å²) in [4.78, 5) is 12.5. The first-order valence-corrected chi connectivity index (χ1v) is 7.10. The Labute approximate surface area is 119 Å². The highest BCUT2D eigenvalue weighted by molar-refractivity contribution is 7.18. The third-order valence-electron chi connectivity index (χ3n) is 2.94. The second kappa shape index (κ2) is 5.32. The Hall–Kier alpha value is -1.37. The second-order valence-electron chi connectivity index (χ2n) is 4.28. The fourth-order valence-electron chi connectivity index (χ4n) is 1.96. The molecule has 1 aliphatic heterocycles. The standard InChI is InChI=1S/C12H12ClN3O2S/c13-11-2-1-10(19-11)12(17)15-8-5-14-16(6-8)9-3-4-18-7-9/h1-2,5-6,9H,3-4,7H2,(H,15,17)/t9-/m0/s1. The number of nitrogens with one attached hydrogen (secondary N) is 1. The van der Waals surface area contributed by atoms with Crippen molar-refractivity contribution in [1.82, 2.24) is 9.78 Å². The van der Waals surface area contributed by atoms with Crippen molar-refractivity contribution in [2.45, 2.75) is 12.5 Å². The lowest BCUT2D eigenvalue weighted by Crippen LogP contribution is -2.10. The van der Waals surface area contributed by atoms with Crippen LogP contribution in [0, 0.1) is 0 Å². The van der Waals surface area contributed by atoms with E-state index in [0.717, 1.165) is 13.0 Å². The number of amides is 1. The zero-order valence-corrected chi connectivity index (χ0v) is 11.6. The van der Waals surface area contributed by atoms with Gasteiger partial charge in [0.05, 0.1) is 33.7 Å². The number of carbonyl (C=O) groups is 1. The van der Waals surface area contributed by atoms with Gasteiger partial charge in [-0.15, -0.1) is 11.3 Å². The maximum Gasteiger partial charge on any atom is 0.265 e. The fourth-order valence-corrected chi connectivity index (χ4v) is 2.90. The van der Waals surface area contributed by atoms with E-state index < -0.39 is 0 Å². The first-order chi connectivity index (χ1) is 9.22. The van der Waals surface area contributed by atoms with Gasteiger partial charge in [-0.25, -0.2) is 0 Å². The predicted molar refractivity (Wildman–Crippen MR) is 74.0 cm³/mol. The molecule has 1 atom stereocenters. The molecule has 0 spiro atoms. The highest BCUT2D eigenvalue weighted by Gasteiger charge is 2.18. The predicted octanol–water partition coefficient (Wildman–Crippen LogP) is 2.81. The van der Waals surface area contributed by atoms with Gasteiger partial charge in [0.1, 0.15) is 0 Å². The number of nitrogens with zero attached hydrogens (tertiary/aromatic N) is 2. The van der Waals surface area contributed by atoms with Gasteiger partial charge in [0, 0.05) is 12.8 Å². The molecule has 2 aromatic rings. The van der Waals surface area contributed by atoms with E-state index in [1.165, 1.54) is 11.3 Å². The van der Waals surface area contributed by atoms with Crippen LogP contribution in [0.2, 0.25) is 4.34 Å². The van der Waals surface area contributed by atoms with Crippen LogP contribution in [0.3, 0.4) is 0 Å². The molecular weight excluding hydrogens is 286 g/mol. The van der Waals surface area contributed by atoms with Crippen molar-refractivity contribution >= 4 is 34.5 Å². The average molecular weight is 298 g/mol. The van der Waals surface area contributed by atoms with Crippen LogP contribution in [0.1, 0.15) is 22.1 Å². The molecule has 3 heterocycles. The molecule has 19 heavy (non-hydrogen) atoms. The summed E-state index contributed by atoms with van der Waals surface area (Å²) in [5.74, 6) is -0.167. The van der Waals surface area contributed by atoms with Gasteiger partial charge in [0.2, 0.25) is 0 Å². The molecule has 100 valence electrons. The van der Waals surface area contributed by atoms with E-state index in [1.807, 2.05) is 10.9 Å². The van der Waals surface area contributed by atoms with E-state index in [1.54, 1.807) is 18.3 Å². The number of carbonyl (C=O) groups excluding carboxylic acids is 1. The molecule has 0 radical (unpaired) electrons. The molecule has 1 saturated heterocycles. The Morgan fingerprint density at radius 3 is 3.16 bits per heavy atom. The number of anilines is 1. The number of hydrogen-bond donors (Lipinski definition) is 1. The van der Waals surface area contributed by atoms with Crippen molar-refractivity contribution in [3.63, 3.8) is 0 Å². The Kier molecular flexibility index (Phi) is 3.54. The molecule has 0 aliphatic carbocycles. The van der Waals surface area contributed by atoms with Crippen molar-refractivity contribution in [1.29, 1.82) is 0 Å². The Morgan fingerprint density at radius 2 is 2.47 bits per heavy atom. The van der Waals surface area contributed by atoms with Gasteiger partial charge < -0.3 is 10.1 Å². The molecule has 1 aliphatic rings. The van der Waals surface area contributed by atoms with Gasteiger partial charge in [0.15, 0.2) is 0 Å². The number of hydrogen-bond acceptors (Lipinski definition) is 4. The summed E-state index contributed by atoms with van der Waals surface area (Å²) in [5, 5.41) is 7.05. The molecule has 3 rings (SSSR count). The zero-order valence-electron chi connectivity index (χ0n) is 10.0. The van der Waals surface area contributed by atoms with Gasteiger partial charge in [-0.05, 0) is 18.6 Å². The minimum absolute atomic E-state index is 0.167. The SMILES string of the molecule is O=C(Nc1cnn([C@H]2CCOC2)c1)c1ccc(Cl)s1. The van der Waals surface area contributed by atoms with E-state index in [0.29, 0.717) is 21.5 Å². The third kappa shape index (κ3) is 2.80. The first kappa shape index (κ1) is 12.7. The first-order valence-electron chi connectivity index (χ1n) is 5.91. The normalized spacial score (nSPS) is 18.7. The van der Waals surface area contributed by atoms with Crippen LogP contribution in [0.4, 0.5) is 5.69 Å². The number of aromatic nitrogens is 2. The Morgan fingerprint density at radius 1 is 1.58 bits per heavy atom. The lowest BCUT2D eigenvalue weighted by atomic mass is 10.3. The number of halogens is 1. The molecule has 0 bridgehead atoms. The van der Waals surface area contributed by atoms with Gasteiger partial charge in [-0.3, -0.25) is 9.48 Å². The summed E-state index contributed by atoms with van der Waals surface area (Å²) in [6.45, 7) is 1.44. The summed E-state index contributed by atoms with van der Waals surface area (Å²) in [7, 11) is 0. The van der Waals surface area contributed by atoms with Crippen LogP contribution in [0.15, 0.2) is 24.5 Å². The van der Waals surface area contributed by atoms with Gasteiger partial charge in [-0.2, -0.15) is 5.10 Å². The molecule has 7 heteroatoms. The fraction of sp³-hybridized carbons (Fsp3) is 0.333. The summed E-state index contributed by atoms with van der Waals surface area (Å²) < 4.78 is 7.75. The molecule has 1 N–H and O–H groups in total. The van der Waals surface area contributed by atoms with Crippen molar-refractivity contribution in [3.05, 3.63) is 33.7 Å². The van der Waals surface area contributed by atoms with E-state index in [-0.39, 0.29) is 11.9 Å². The van der Waals surface area contributed by atoms with E-state index in [2.05, 4.69) is 10.4 Å². The molecule has 2 aromatic heterocycles. The average Bonchev–Trinajstić information content (AvgIpc) is 3.07. The molecule has 1 amide bonds. The Balaban J connectivity index is 1.68. The van der Waals surface area contributed by atoms with Crippen LogP contribution in [0.25, 0.3) is 0 Å². The second-order valence-corrected chi connectivity index (χ2v) is 6.00. The van der Waals surface area contributed by atoms with Crippen LogP contribution in [-0.4, -0.2) is 28.9 Å². The highest BCUT2D eigenvalue weighted by atomic mass is 35.5. The summed E-state index contributed by atoms with van der Waals surface area (Å²) >= 11 is 7.06. The minimum Gasteiger partial charge on any atom is -0.379 e. The van der Waals surface area contributed by atoms with Gasteiger partial charge in [0.25, 0.3) is 5.91 Å². The van der Waals surface area contributed by atoms with Crippen molar-refractivity contribution in [2.75, 3.05) is 18.5 Å². The summed E-state index contributed by atoms with van der Waals surface area (Å²) in [6.07, 6.45) is 4.42. The monoisotopic (exact) mass is 297 g/mol. The molecule has 0 unspecified atom stereocenters. The highest BCUT2D eigenvalue weighted by Crippen LogP contribution is 2.23. The maximum atomic E-state index is 11.9. The van der Waals surface area contributed by atoms with E-state index >= 15 is 0 Å². The van der Waals surface area contributed by atoms with Crippen LogP contribution in [0.5, 0.6) is 0 Å². The topological polar surface area (TPSA) is 56.2 Å². The zero-order chi connectivity index (χ0) is 13.2. The molecular formula is C12H12ClN3O2S.